The van der Waals surface area contributed by atoms with E-state index in [1.807, 2.05) is 24.3 Å². The Labute approximate surface area is 212 Å². The van der Waals surface area contributed by atoms with Crippen molar-refractivity contribution >= 4 is 21.5 Å². The number of rotatable bonds is 15. The van der Waals surface area contributed by atoms with E-state index in [9.17, 15) is 0 Å². The van der Waals surface area contributed by atoms with Gasteiger partial charge in [0.25, 0.3) is 0 Å². The van der Waals surface area contributed by atoms with Gasteiger partial charge in [-0.25, -0.2) is 0 Å². The van der Waals surface area contributed by atoms with Crippen LogP contribution in [0.3, 0.4) is 0 Å². The van der Waals surface area contributed by atoms with E-state index in [-0.39, 0.29) is 0 Å². The predicted molar refractivity (Wildman–Crippen MR) is 143 cm³/mol. The molecule has 0 bridgehead atoms. The minimum atomic E-state index is 0.483. The molecule has 0 saturated heterocycles. The lowest BCUT2D eigenvalue weighted by Crippen LogP contribution is -2.10. The normalized spacial score (nSPS) is 11.3. The second kappa shape index (κ2) is 13.8. The van der Waals surface area contributed by atoms with E-state index < -0.39 is 0 Å². The minimum Gasteiger partial charge on any atom is -0.491 e. The molecule has 0 aliphatic heterocycles. The zero-order valence-electron chi connectivity index (χ0n) is 21.0. The van der Waals surface area contributed by atoms with Crippen LogP contribution in [0.25, 0.3) is 32.7 Å². The van der Waals surface area contributed by atoms with Crippen LogP contribution in [0.2, 0.25) is 0 Å². The number of methoxy groups -OCH3 is 2. The Morgan fingerprint density at radius 3 is 1.22 bits per heavy atom. The highest BCUT2D eigenvalue weighted by Crippen LogP contribution is 2.40. The molecule has 0 heterocycles. The zero-order valence-corrected chi connectivity index (χ0v) is 21.0. The third kappa shape index (κ3) is 6.53. The molecule has 4 aromatic carbocycles. The van der Waals surface area contributed by atoms with Gasteiger partial charge in [-0.3, -0.25) is 0 Å². The topological polar surface area (TPSA) is 55.4 Å². The summed E-state index contributed by atoms with van der Waals surface area (Å²) in [6.07, 6.45) is 0. The first-order valence-corrected chi connectivity index (χ1v) is 12.3. The third-order valence-corrected chi connectivity index (χ3v) is 5.89. The molecule has 0 radical (unpaired) electrons. The summed E-state index contributed by atoms with van der Waals surface area (Å²) in [5, 5.41) is 4.43. The average molecular weight is 491 g/mol. The van der Waals surface area contributed by atoms with Crippen LogP contribution >= 0.6 is 0 Å². The first-order valence-electron chi connectivity index (χ1n) is 12.3. The van der Waals surface area contributed by atoms with Crippen molar-refractivity contribution in [2.24, 2.45) is 0 Å². The summed E-state index contributed by atoms with van der Waals surface area (Å²) < 4.78 is 33.2. The predicted octanol–water partition coefficient (Wildman–Crippen LogP) is 5.74. The lowest BCUT2D eigenvalue weighted by molar-refractivity contribution is 0.0547. The highest BCUT2D eigenvalue weighted by molar-refractivity contribution is 6.08. The van der Waals surface area contributed by atoms with E-state index in [1.165, 1.54) is 0 Å². The quantitative estimate of drug-likeness (QED) is 0.198. The first-order chi connectivity index (χ1) is 17.8. The molecule has 0 aliphatic carbocycles. The molecular formula is C30H34O6. The Morgan fingerprint density at radius 1 is 0.417 bits per heavy atom. The molecule has 0 N–H and O–H groups in total. The van der Waals surface area contributed by atoms with E-state index in [4.69, 9.17) is 28.4 Å². The minimum absolute atomic E-state index is 0.483. The Bertz CT molecular complexity index is 1140. The standard InChI is InChI=1S/C30H34O6/c1-31-15-17-33-19-21-35-29-13-11-25(23-7-3-5-9-27(23)29)26-12-14-30(28-10-6-4-8-24(26)28)36-22-20-34-18-16-32-2/h3-14H,15-22H2,1-2H3. The molecule has 0 aromatic heterocycles. The lowest BCUT2D eigenvalue weighted by Gasteiger charge is -2.16. The van der Waals surface area contributed by atoms with E-state index in [2.05, 4.69) is 48.5 Å². The fourth-order valence-corrected chi connectivity index (χ4v) is 4.17. The van der Waals surface area contributed by atoms with Crippen molar-refractivity contribution in [1.29, 1.82) is 0 Å². The van der Waals surface area contributed by atoms with Crippen LogP contribution in [0.5, 0.6) is 11.5 Å². The van der Waals surface area contributed by atoms with Crippen LogP contribution in [0.1, 0.15) is 0 Å². The van der Waals surface area contributed by atoms with Gasteiger partial charge in [0.05, 0.1) is 39.6 Å². The molecule has 0 atom stereocenters. The fraction of sp³-hybridized carbons (Fsp3) is 0.333. The Hall–Kier alpha value is -3.16. The van der Waals surface area contributed by atoms with Gasteiger partial charge >= 0.3 is 0 Å². The largest absolute Gasteiger partial charge is 0.491 e. The van der Waals surface area contributed by atoms with Crippen molar-refractivity contribution in [3.63, 3.8) is 0 Å². The fourth-order valence-electron chi connectivity index (χ4n) is 4.17. The maximum Gasteiger partial charge on any atom is 0.127 e. The number of ether oxygens (including phenoxy) is 6. The van der Waals surface area contributed by atoms with E-state index >= 15 is 0 Å². The van der Waals surface area contributed by atoms with E-state index in [0.717, 1.165) is 44.2 Å². The van der Waals surface area contributed by atoms with Crippen LogP contribution in [0.4, 0.5) is 0 Å². The SMILES string of the molecule is COCCOCCOc1ccc(-c2ccc(OCCOCCOC)c3ccccc23)c2ccccc12. The molecule has 0 fully saturated rings. The van der Waals surface area contributed by atoms with Gasteiger partial charge in [-0.05, 0) is 34.0 Å². The molecule has 0 spiro atoms. The summed E-state index contributed by atoms with van der Waals surface area (Å²) in [5.41, 5.74) is 2.31. The van der Waals surface area contributed by atoms with Crippen LogP contribution in [0, 0.1) is 0 Å². The zero-order chi connectivity index (χ0) is 25.0. The summed E-state index contributed by atoms with van der Waals surface area (Å²) >= 11 is 0. The highest BCUT2D eigenvalue weighted by atomic mass is 16.5. The van der Waals surface area contributed by atoms with Crippen molar-refractivity contribution in [2.75, 3.05) is 67.1 Å². The van der Waals surface area contributed by atoms with Crippen molar-refractivity contribution in [1.82, 2.24) is 0 Å². The maximum absolute atomic E-state index is 6.07. The van der Waals surface area contributed by atoms with Crippen molar-refractivity contribution in [3.8, 4) is 22.6 Å². The summed E-state index contributed by atoms with van der Waals surface area (Å²) in [6.45, 7) is 4.29. The molecule has 6 nitrogen and oxygen atoms in total. The number of fused-ring (bicyclic) bond motifs is 2. The van der Waals surface area contributed by atoms with Gasteiger partial charge < -0.3 is 28.4 Å². The van der Waals surface area contributed by atoms with Crippen LogP contribution in [-0.2, 0) is 18.9 Å². The number of hydrogen-bond donors (Lipinski definition) is 0. The molecular weight excluding hydrogens is 456 g/mol. The molecule has 0 amide bonds. The van der Waals surface area contributed by atoms with Gasteiger partial charge in [-0.15, -0.1) is 0 Å². The van der Waals surface area contributed by atoms with Gasteiger partial charge in [-0.2, -0.15) is 0 Å². The molecule has 36 heavy (non-hydrogen) atoms. The summed E-state index contributed by atoms with van der Waals surface area (Å²) in [5.74, 6) is 1.70. The number of benzene rings is 4. The van der Waals surface area contributed by atoms with Gasteiger partial charge in [0.15, 0.2) is 0 Å². The van der Waals surface area contributed by atoms with Gasteiger partial charge in [-0.1, -0.05) is 60.7 Å². The van der Waals surface area contributed by atoms with E-state index in [0.29, 0.717) is 52.9 Å². The second-order valence-electron chi connectivity index (χ2n) is 8.22. The lowest BCUT2D eigenvalue weighted by atomic mass is 9.93. The second-order valence-corrected chi connectivity index (χ2v) is 8.22. The summed E-state index contributed by atoms with van der Waals surface area (Å²) in [4.78, 5) is 0. The molecule has 6 heteroatoms. The van der Waals surface area contributed by atoms with Gasteiger partial charge in [0.2, 0.25) is 0 Å². The molecule has 4 rings (SSSR count). The molecule has 0 aliphatic rings. The third-order valence-electron chi connectivity index (χ3n) is 5.89. The van der Waals surface area contributed by atoms with Gasteiger partial charge in [0.1, 0.15) is 24.7 Å². The van der Waals surface area contributed by atoms with Crippen LogP contribution < -0.4 is 9.47 Å². The monoisotopic (exact) mass is 490 g/mol. The Kier molecular flexibility index (Phi) is 9.94. The van der Waals surface area contributed by atoms with Crippen molar-refractivity contribution in [2.45, 2.75) is 0 Å². The van der Waals surface area contributed by atoms with Gasteiger partial charge in [0, 0.05) is 25.0 Å². The Balaban J connectivity index is 1.56. The number of hydrogen-bond acceptors (Lipinski definition) is 6. The maximum atomic E-state index is 6.07. The smallest absolute Gasteiger partial charge is 0.127 e. The highest BCUT2D eigenvalue weighted by Gasteiger charge is 2.13. The Morgan fingerprint density at radius 2 is 0.806 bits per heavy atom. The average Bonchev–Trinajstić information content (AvgIpc) is 2.92. The summed E-state index contributed by atoms with van der Waals surface area (Å²) in [6, 6.07) is 25.0. The molecule has 0 saturated carbocycles. The van der Waals surface area contributed by atoms with Crippen LogP contribution in [-0.4, -0.2) is 67.1 Å². The van der Waals surface area contributed by atoms with Crippen LogP contribution in [0.15, 0.2) is 72.8 Å². The van der Waals surface area contributed by atoms with Crippen molar-refractivity contribution < 1.29 is 28.4 Å². The van der Waals surface area contributed by atoms with E-state index in [1.54, 1.807) is 14.2 Å². The molecule has 4 aromatic rings. The van der Waals surface area contributed by atoms with Crippen molar-refractivity contribution in [3.05, 3.63) is 72.8 Å². The molecule has 0 unspecified atom stereocenters. The first kappa shape index (κ1) is 25.9. The molecule has 190 valence electrons. The summed E-state index contributed by atoms with van der Waals surface area (Å²) in [7, 11) is 3.33.